The lowest BCUT2D eigenvalue weighted by atomic mass is 10.2. The van der Waals surface area contributed by atoms with Crippen molar-refractivity contribution in [1.82, 2.24) is 10.2 Å². The molecule has 0 spiro atoms. The van der Waals surface area contributed by atoms with Gasteiger partial charge < -0.3 is 24.8 Å². The Morgan fingerprint density at radius 3 is 2.41 bits per heavy atom. The van der Waals surface area contributed by atoms with E-state index >= 15 is 0 Å². The van der Waals surface area contributed by atoms with Gasteiger partial charge in [0.2, 0.25) is 6.79 Å². The van der Waals surface area contributed by atoms with Gasteiger partial charge in [0, 0.05) is 17.4 Å². The molecule has 9 nitrogen and oxygen atoms in total. The maximum Gasteiger partial charge on any atom is 0.337 e. The lowest BCUT2D eigenvalue weighted by molar-refractivity contribution is 0.0600. The van der Waals surface area contributed by atoms with Crippen LogP contribution in [0.25, 0.3) is 0 Å². The number of ether oxygens (including phenoxy) is 3. The van der Waals surface area contributed by atoms with Crippen LogP contribution in [-0.4, -0.2) is 36.0 Å². The third-order valence-electron chi connectivity index (χ3n) is 4.11. The topological polar surface area (TPSA) is 112 Å². The van der Waals surface area contributed by atoms with Crippen molar-refractivity contribution in [3.05, 3.63) is 65.9 Å². The third kappa shape index (κ3) is 4.08. The van der Waals surface area contributed by atoms with Crippen molar-refractivity contribution in [3.8, 4) is 11.5 Å². The van der Waals surface area contributed by atoms with Gasteiger partial charge >= 0.3 is 5.97 Å². The zero-order valence-electron chi connectivity index (χ0n) is 15.3. The predicted molar refractivity (Wildman–Crippen MR) is 104 cm³/mol. The van der Waals surface area contributed by atoms with Crippen LogP contribution < -0.4 is 20.1 Å². The van der Waals surface area contributed by atoms with Crippen LogP contribution in [0, 0.1) is 0 Å². The highest BCUT2D eigenvalue weighted by molar-refractivity contribution is 6.03. The Morgan fingerprint density at radius 2 is 1.69 bits per heavy atom. The summed E-state index contributed by atoms with van der Waals surface area (Å²) in [4.78, 5) is 23.8. The molecule has 4 rings (SSSR count). The maximum atomic E-state index is 12.4. The Morgan fingerprint density at radius 1 is 0.931 bits per heavy atom. The number of carbonyl (C=O) groups is 2. The van der Waals surface area contributed by atoms with E-state index in [1.165, 1.54) is 7.11 Å². The summed E-state index contributed by atoms with van der Waals surface area (Å²) in [7, 11) is 1.33. The van der Waals surface area contributed by atoms with Gasteiger partial charge in [-0.3, -0.25) is 4.79 Å². The first kappa shape index (κ1) is 18.2. The van der Waals surface area contributed by atoms with E-state index in [1.807, 2.05) is 0 Å². The molecule has 0 unspecified atom stereocenters. The van der Waals surface area contributed by atoms with Gasteiger partial charge in [0.1, 0.15) is 0 Å². The summed E-state index contributed by atoms with van der Waals surface area (Å²) < 4.78 is 15.2. The number of benzene rings is 2. The number of nitrogens with zero attached hydrogens (tertiary/aromatic N) is 2. The quantitative estimate of drug-likeness (QED) is 0.638. The van der Waals surface area contributed by atoms with E-state index < -0.39 is 11.9 Å². The SMILES string of the molecule is COC(=O)c1ccc(Nc2ccc(C(=O)Nc3ccc4c(c3)OCO4)nn2)cc1. The molecule has 9 heteroatoms. The average Bonchev–Trinajstić information content (AvgIpc) is 3.22. The van der Waals surface area contributed by atoms with E-state index in [9.17, 15) is 9.59 Å². The largest absolute Gasteiger partial charge is 0.465 e. The van der Waals surface area contributed by atoms with Crippen LogP contribution in [0.15, 0.2) is 54.6 Å². The fraction of sp³-hybridized carbons (Fsp3) is 0.100. The highest BCUT2D eigenvalue weighted by Gasteiger charge is 2.15. The minimum atomic E-state index is -0.408. The Hall–Kier alpha value is -4.14. The number of nitrogens with one attached hydrogen (secondary N) is 2. The van der Waals surface area contributed by atoms with Gasteiger partial charge in [-0.1, -0.05) is 0 Å². The fourth-order valence-electron chi connectivity index (χ4n) is 2.64. The van der Waals surface area contributed by atoms with Crippen LogP contribution in [-0.2, 0) is 4.74 Å². The van der Waals surface area contributed by atoms with Crippen molar-refractivity contribution < 1.29 is 23.8 Å². The second-order valence-electron chi connectivity index (χ2n) is 6.02. The summed E-state index contributed by atoms with van der Waals surface area (Å²) in [5.74, 6) is 0.861. The lowest BCUT2D eigenvalue weighted by Gasteiger charge is -2.07. The summed E-state index contributed by atoms with van der Waals surface area (Å²) in [6.07, 6.45) is 0. The van der Waals surface area contributed by atoms with Gasteiger partial charge in [-0.15, -0.1) is 10.2 Å². The normalized spacial score (nSPS) is 11.6. The van der Waals surface area contributed by atoms with Gasteiger partial charge in [0.05, 0.1) is 12.7 Å². The summed E-state index contributed by atoms with van der Waals surface area (Å²) >= 11 is 0. The molecule has 0 radical (unpaired) electrons. The van der Waals surface area contributed by atoms with Gasteiger partial charge in [-0.25, -0.2) is 4.79 Å². The number of carbonyl (C=O) groups excluding carboxylic acids is 2. The molecule has 0 atom stereocenters. The van der Waals surface area contributed by atoms with E-state index in [0.29, 0.717) is 34.3 Å². The fourth-order valence-corrected chi connectivity index (χ4v) is 2.64. The van der Waals surface area contributed by atoms with Crippen LogP contribution in [0.1, 0.15) is 20.8 Å². The molecule has 1 aliphatic rings. The Labute approximate surface area is 165 Å². The zero-order valence-corrected chi connectivity index (χ0v) is 15.3. The van der Waals surface area contributed by atoms with Crippen molar-refractivity contribution in [2.24, 2.45) is 0 Å². The van der Waals surface area contributed by atoms with Gasteiger partial charge in [0.15, 0.2) is 23.0 Å². The number of hydrogen-bond donors (Lipinski definition) is 2. The third-order valence-corrected chi connectivity index (χ3v) is 4.11. The van der Waals surface area contributed by atoms with Crippen LogP contribution in [0.2, 0.25) is 0 Å². The number of aromatic nitrogens is 2. The lowest BCUT2D eigenvalue weighted by Crippen LogP contribution is -2.14. The highest BCUT2D eigenvalue weighted by Crippen LogP contribution is 2.34. The molecule has 0 saturated heterocycles. The first-order chi connectivity index (χ1) is 14.1. The molecule has 0 bridgehead atoms. The first-order valence-electron chi connectivity index (χ1n) is 8.62. The predicted octanol–water partition coefficient (Wildman–Crippen LogP) is 2.99. The number of fused-ring (bicyclic) bond motifs is 1. The number of amides is 1. The molecule has 2 heterocycles. The Bertz CT molecular complexity index is 1050. The molecular formula is C20H16N4O5. The van der Waals surface area contributed by atoms with Crippen LogP contribution in [0.4, 0.5) is 17.2 Å². The van der Waals surface area contributed by atoms with Crippen LogP contribution in [0.3, 0.4) is 0 Å². The van der Waals surface area contributed by atoms with E-state index in [-0.39, 0.29) is 12.5 Å². The van der Waals surface area contributed by atoms with E-state index in [2.05, 4.69) is 25.6 Å². The molecule has 0 saturated carbocycles. The van der Waals surface area contributed by atoms with E-state index in [1.54, 1.807) is 54.6 Å². The maximum absolute atomic E-state index is 12.4. The molecule has 0 aliphatic carbocycles. The smallest absolute Gasteiger partial charge is 0.337 e. The monoisotopic (exact) mass is 392 g/mol. The van der Waals surface area contributed by atoms with Crippen molar-refractivity contribution >= 4 is 29.1 Å². The molecular weight excluding hydrogens is 376 g/mol. The van der Waals surface area contributed by atoms with Crippen molar-refractivity contribution in [2.75, 3.05) is 24.5 Å². The number of anilines is 3. The number of rotatable bonds is 5. The Kier molecular flexibility index (Phi) is 4.93. The molecule has 1 amide bonds. The minimum absolute atomic E-state index is 0.161. The highest BCUT2D eigenvalue weighted by atomic mass is 16.7. The molecule has 1 aromatic heterocycles. The number of hydrogen-bond acceptors (Lipinski definition) is 8. The first-order valence-corrected chi connectivity index (χ1v) is 8.62. The van der Waals surface area contributed by atoms with Gasteiger partial charge in [-0.05, 0) is 48.5 Å². The van der Waals surface area contributed by atoms with E-state index in [4.69, 9.17) is 9.47 Å². The van der Waals surface area contributed by atoms with Gasteiger partial charge in [-0.2, -0.15) is 0 Å². The molecule has 2 N–H and O–H groups in total. The summed E-state index contributed by atoms with van der Waals surface area (Å²) in [5, 5.41) is 13.7. The van der Waals surface area contributed by atoms with Gasteiger partial charge in [0.25, 0.3) is 5.91 Å². The van der Waals surface area contributed by atoms with Crippen molar-refractivity contribution in [3.63, 3.8) is 0 Å². The summed E-state index contributed by atoms with van der Waals surface area (Å²) in [5.41, 5.74) is 1.88. The number of methoxy groups -OCH3 is 1. The molecule has 1 aliphatic heterocycles. The molecule has 146 valence electrons. The summed E-state index contributed by atoms with van der Waals surface area (Å²) in [6, 6.07) is 15.0. The summed E-state index contributed by atoms with van der Waals surface area (Å²) in [6.45, 7) is 0.165. The average molecular weight is 392 g/mol. The van der Waals surface area contributed by atoms with Crippen molar-refractivity contribution in [2.45, 2.75) is 0 Å². The second-order valence-corrected chi connectivity index (χ2v) is 6.02. The van der Waals surface area contributed by atoms with Crippen LogP contribution in [0.5, 0.6) is 11.5 Å². The molecule has 29 heavy (non-hydrogen) atoms. The molecule has 0 fully saturated rings. The molecule has 2 aromatic carbocycles. The zero-order chi connectivity index (χ0) is 20.2. The minimum Gasteiger partial charge on any atom is -0.465 e. The van der Waals surface area contributed by atoms with E-state index in [0.717, 1.165) is 0 Å². The standard InChI is InChI=1S/C20H16N4O5/c1-27-20(26)12-2-4-13(5-3-12)21-18-9-7-15(23-24-18)19(25)22-14-6-8-16-17(10-14)29-11-28-16/h2-10H,11H2,1H3,(H,21,24)(H,22,25). The Balaban J connectivity index is 1.39. The van der Waals surface area contributed by atoms with Crippen LogP contribution >= 0.6 is 0 Å². The second kappa shape index (κ2) is 7.85. The number of esters is 1. The molecule has 3 aromatic rings. The van der Waals surface area contributed by atoms with Crippen molar-refractivity contribution in [1.29, 1.82) is 0 Å².